The Morgan fingerprint density at radius 3 is 2.48 bits per heavy atom. The first kappa shape index (κ1) is 15.7. The third kappa shape index (κ3) is 4.13. The van der Waals surface area contributed by atoms with Crippen LogP contribution in [0.25, 0.3) is 0 Å². The van der Waals surface area contributed by atoms with Crippen molar-refractivity contribution in [3.05, 3.63) is 41.7 Å². The van der Waals surface area contributed by atoms with E-state index in [0.717, 1.165) is 17.7 Å². The molecule has 1 aromatic carbocycles. The summed E-state index contributed by atoms with van der Waals surface area (Å²) in [4.78, 5) is 0. The van der Waals surface area contributed by atoms with E-state index in [9.17, 15) is 17.4 Å². The molecule has 1 aromatic heterocycles. The molecule has 1 unspecified atom stereocenters. The Labute approximate surface area is 122 Å². The van der Waals surface area contributed by atoms with Crippen LogP contribution < -0.4 is 0 Å². The lowest BCUT2D eigenvalue weighted by Crippen LogP contribution is -2.06. The highest BCUT2D eigenvalue weighted by atomic mass is 32.2. The van der Waals surface area contributed by atoms with Gasteiger partial charge in [0.2, 0.25) is 5.16 Å². The van der Waals surface area contributed by atoms with Crippen LogP contribution >= 0.6 is 0 Å². The quantitative estimate of drug-likeness (QED) is 0.852. The number of aryl methyl sites for hydroxylation is 2. The van der Waals surface area contributed by atoms with E-state index in [-0.39, 0.29) is 0 Å². The largest absolute Gasteiger partial charge is 0.416 e. The Hall–Kier alpha value is -1.70. The number of aromatic nitrogens is 3. The molecule has 0 aliphatic rings. The van der Waals surface area contributed by atoms with Crippen LogP contribution in [0.4, 0.5) is 13.2 Å². The molecule has 0 fully saturated rings. The Morgan fingerprint density at radius 1 is 1.24 bits per heavy atom. The molecule has 1 atom stereocenters. The van der Waals surface area contributed by atoms with E-state index in [0.29, 0.717) is 24.5 Å². The number of hydrogen-bond donors (Lipinski definition) is 0. The summed E-state index contributed by atoms with van der Waals surface area (Å²) in [6.45, 7) is 0.572. The van der Waals surface area contributed by atoms with Gasteiger partial charge in [0, 0.05) is 12.8 Å². The van der Waals surface area contributed by atoms with E-state index in [1.54, 1.807) is 4.57 Å². The zero-order chi connectivity index (χ0) is 15.5. The van der Waals surface area contributed by atoms with Gasteiger partial charge in [-0.2, -0.15) is 13.2 Å². The summed E-state index contributed by atoms with van der Waals surface area (Å²) in [5.74, 6) is 0. The normalized spacial score (nSPS) is 13.3. The number of rotatable bonds is 5. The average Bonchev–Trinajstić information content (AvgIpc) is 2.87. The fraction of sp³-hybridized carbons (Fsp3) is 0.385. The van der Waals surface area contributed by atoms with Crippen LogP contribution in [0, 0.1) is 0 Å². The number of nitrogens with zero attached hydrogens (tertiary/aromatic N) is 3. The molecule has 0 radical (unpaired) electrons. The second-order valence-corrected chi connectivity index (χ2v) is 5.83. The Kier molecular flexibility index (Phi) is 4.76. The maximum Gasteiger partial charge on any atom is 0.416 e. The average molecular weight is 317 g/mol. The molecule has 4 nitrogen and oxygen atoms in total. The number of alkyl halides is 3. The van der Waals surface area contributed by atoms with Crippen molar-refractivity contribution in [2.45, 2.75) is 30.7 Å². The predicted octanol–water partition coefficient (Wildman–Crippen LogP) is 2.67. The first-order valence-corrected chi connectivity index (χ1v) is 7.81. The molecule has 0 spiro atoms. The second-order valence-electron chi connectivity index (χ2n) is 4.56. The van der Waals surface area contributed by atoms with Gasteiger partial charge in [0.25, 0.3) is 0 Å². The predicted molar refractivity (Wildman–Crippen MR) is 72.1 cm³/mol. The van der Waals surface area contributed by atoms with Crippen LogP contribution in [-0.2, 0) is 29.9 Å². The van der Waals surface area contributed by atoms with Gasteiger partial charge in [-0.3, -0.25) is 4.21 Å². The summed E-state index contributed by atoms with van der Waals surface area (Å²) in [5.41, 5.74) is 0.184. The maximum atomic E-state index is 12.4. The highest BCUT2D eigenvalue weighted by Crippen LogP contribution is 2.29. The lowest BCUT2D eigenvalue weighted by atomic mass is 10.1. The van der Waals surface area contributed by atoms with Crippen molar-refractivity contribution in [1.82, 2.24) is 14.8 Å². The first-order chi connectivity index (χ1) is 9.88. The third-order valence-corrected chi connectivity index (χ3v) is 3.81. The van der Waals surface area contributed by atoms with E-state index in [1.807, 2.05) is 0 Å². The van der Waals surface area contributed by atoms with Crippen molar-refractivity contribution in [1.29, 1.82) is 0 Å². The van der Waals surface area contributed by atoms with Crippen LogP contribution in [0.1, 0.15) is 17.5 Å². The number of benzene rings is 1. The Bertz CT molecular complexity index is 622. The lowest BCUT2D eigenvalue weighted by Gasteiger charge is -2.08. The summed E-state index contributed by atoms with van der Waals surface area (Å²) in [7, 11) is -1.21. The molecular formula is C13H14F3N3OS. The zero-order valence-corrected chi connectivity index (χ0v) is 12.1. The molecular weight excluding hydrogens is 303 g/mol. The molecule has 0 bridgehead atoms. The summed E-state index contributed by atoms with van der Waals surface area (Å²) in [6, 6.07) is 5.13. The van der Waals surface area contributed by atoms with Crippen molar-refractivity contribution in [3.8, 4) is 0 Å². The van der Waals surface area contributed by atoms with Gasteiger partial charge in [-0.15, -0.1) is 10.2 Å². The molecule has 0 N–H and O–H groups in total. The van der Waals surface area contributed by atoms with Crippen molar-refractivity contribution >= 4 is 10.8 Å². The van der Waals surface area contributed by atoms with E-state index >= 15 is 0 Å². The van der Waals surface area contributed by atoms with Crippen molar-refractivity contribution < 1.29 is 17.4 Å². The minimum atomic E-state index is -4.30. The van der Waals surface area contributed by atoms with Crippen LogP contribution in [0.3, 0.4) is 0 Å². The van der Waals surface area contributed by atoms with E-state index in [1.165, 1.54) is 24.7 Å². The molecule has 1 heterocycles. The molecule has 0 saturated carbocycles. The van der Waals surface area contributed by atoms with Gasteiger partial charge in [-0.25, -0.2) is 0 Å². The number of halogens is 3. The standard InChI is InChI=1S/C13H14F3N3OS/c1-21(20)12-18-17-9-19(12)8-2-3-10-4-6-11(7-5-10)13(14,15)16/h4-7,9H,2-3,8H2,1H3. The number of hydrogen-bond acceptors (Lipinski definition) is 3. The van der Waals surface area contributed by atoms with Gasteiger partial charge >= 0.3 is 6.18 Å². The minimum absolute atomic E-state index is 0.405. The highest BCUT2D eigenvalue weighted by Gasteiger charge is 2.29. The van der Waals surface area contributed by atoms with Gasteiger partial charge in [-0.1, -0.05) is 12.1 Å². The summed E-state index contributed by atoms with van der Waals surface area (Å²) in [5, 5.41) is 7.88. The van der Waals surface area contributed by atoms with Gasteiger partial charge < -0.3 is 4.57 Å². The highest BCUT2D eigenvalue weighted by molar-refractivity contribution is 7.84. The Morgan fingerprint density at radius 2 is 1.90 bits per heavy atom. The smallest absolute Gasteiger partial charge is 0.307 e. The van der Waals surface area contributed by atoms with Crippen LogP contribution in [0.5, 0.6) is 0 Å². The monoisotopic (exact) mass is 317 g/mol. The summed E-state index contributed by atoms with van der Waals surface area (Å²) < 4.78 is 50.4. The maximum absolute atomic E-state index is 12.4. The molecule has 2 aromatic rings. The second kappa shape index (κ2) is 6.38. The molecule has 21 heavy (non-hydrogen) atoms. The van der Waals surface area contributed by atoms with Gasteiger partial charge in [-0.05, 0) is 30.5 Å². The van der Waals surface area contributed by atoms with Crippen molar-refractivity contribution in [3.63, 3.8) is 0 Å². The molecule has 2 rings (SSSR count). The lowest BCUT2D eigenvalue weighted by molar-refractivity contribution is -0.137. The van der Waals surface area contributed by atoms with E-state index < -0.39 is 22.5 Å². The van der Waals surface area contributed by atoms with Crippen molar-refractivity contribution in [2.75, 3.05) is 6.26 Å². The van der Waals surface area contributed by atoms with E-state index in [2.05, 4.69) is 10.2 Å². The minimum Gasteiger partial charge on any atom is -0.307 e. The third-order valence-electron chi connectivity index (χ3n) is 2.98. The van der Waals surface area contributed by atoms with E-state index in [4.69, 9.17) is 0 Å². The fourth-order valence-electron chi connectivity index (χ4n) is 1.93. The summed E-state index contributed by atoms with van der Waals surface area (Å²) in [6.07, 6.45) is 0.0562. The SMILES string of the molecule is CS(=O)c1nncn1CCCc1ccc(C(F)(F)F)cc1. The topological polar surface area (TPSA) is 47.8 Å². The van der Waals surface area contributed by atoms with Gasteiger partial charge in [0.05, 0.1) is 16.4 Å². The fourth-order valence-corrected chi connectivity index (χ4v) is 2.57. The molecule has 0 aliphatic carbocycles. The Balaban J connectivity index is 1.92. The molecule has 0 amide bonds. The molecule has 114 valence electrons. The van der Waals surface area contributed by atoms with Gasteiger partial charge in [0.15, 0.2) is 0 Å². The van der Waals surface area contributed by atoms with Crippen LogP contribution in [-0.4, -0.2) is 25.2 Å². The zero-order valence-electron chi connectivity index (χ0n) is 11.3. The molecule has 0 saturated heterocycles. The van der Waals surface area contributed by atoms with Gasteiger partial charge in [0.1, 0.15) is 6.33 Å². The van der Waals surface area contributed by atoms with Crippen LogP contribution in [0.15, 0.2) is 35.7 Å². The molecule has 0 aliphatic heterocycles. The van der Waals surface area contributed by atoms with Crippen LogP contribution in [0.2, 0.25) is 0 Å². The first-order valence-electron chi connectivity index (χ1n) is 6.25. The van der Waals surface area contributed by atoms with Crippen molar-refractivity contribution in [2.24, 2.45) is 0 Å². The summed E-state index contributed by atoms with van der Waals surface area (Å²) >= 11 is 0. The molecule has 8 heteroatoms.